The van der Waals surface area contributed by atoms with Gasteiger partial charge in [0.05, 0.1) is 7.11 Å². The van der Waals surface area contributed by atoms with Crippen molar-refractivity contribution in [2.75, 3.05) is 7.11 Å². The fourth-order valence-corrected chi connectivity index (χ4v) is 1.89. The molecule has 0 aromatic heterocycles. The van der Waals surface area contributed by atoms with Gasteiger partial charge in [-0.15, -0.1) is 6.58 Å². The van der Waals surface area contributed by atoms with E-state index in [1.54, 1.807) is 7.11 Å². The molecule has 1 rings (SSSR count). The van der Waals surface area contributed by atoms with Crippen molar-refractivity contribution in [2.24, 2.45) is 0 Å². The second-order valence-electron chi connectivity index (χ2n) is 3.87. The number of hydrogen-bond donors (Lipinski definition) is 0. The lowest BCUT2D eigenvalue weighted by Crippen LogP contribution is -2.00. The molecule has 1 heteroatoms. The highest BCUT2D eigenvalue weighted by Crippen LogP contribution is 2.32. The molecule has 82 valence electrons. The van der Waals surface area contributed by atoms with Crippen LogP contribution in [0.1, 0.15) is 36.8 Å². The highest BCUT2D eigenvalue weighted by molar-refractivity contribution is 5.39. The van der Waals surface area contributed by atoms with E-state index in [-0.39, 0.29) is 0 Å². The second-order valence-corrected chi connectivity index (χ2v) is 3.87. The van der Waals surface area contributed by atoms with Crippen LogP contribution in [0, 0.1) is 6.92 Å². The molecule has 0 saturated carbocycles. The SMILES string of the molecule is C=CCC(CC)c1cc(C)ccc1OC. The standard InChI is InChI=1S/C14H20O/c1-5-7-12(6-2)13-10-11(3)8-9-14(13)15-4/h5,8-10,12H,1,6-7H2,2-4H3. The molecule has 15 heavy (non-hydrogen) atoms. The lowest BCUT2D eigenvalue weighted by molar-refractivity contribution is 0.404. The van der Waals surface area contributed by atoms with E-state index in [9.17, 15) is 0 Å². The molecule has 0 amide bonds. The fourth-order valence-electron chi connectivity index (χ4n) is 1.89. The Kier molecular flexibility index (Phi) is 4.41. The third-order valence-corrected chi connectivity index (χ3v) is 2.77. The van der Waals surface area contributed by atoms with Gasteiger partial charge in [-0.05, 0) is 37.3 Å². The maximum absolute atomic E-state index is 5.40. The summed E-state index contributed by atoms with van der Waals surface area (Å²) in [6.45, 7) is 8.13. The van der Waals surface area contributed by atoms with E-state index in [1.165, 1.54) is 11.1 Å². The van der Waals surface area contributed by atoms with Gasteiger partial charge >= 0.3 is 0 Å². The summed E-state index contributed by atoms with van der Waals surface area (Å²) in [6.07, 6.45) is 4.11. The number of rotatable bonds is 5. The van der Waals surface area contributed by atoms with E-state index in [4.69, 9.17) is 4.74 Å². The minimum Gasteiger partial charge on any atom is -0.496 e. The van der Waals surface area contributed by atoms with Crippen LogP contribution in [0.15, 0.2) is 30.9 Å². The van der Waals surface area contributed by atoms with Crippen molar-refractivity contribution in [2.45, 2.75) is 32.6 Å². The highest BCUT2D eigenvalue weighted by Gasteiger charge is 2.12. The lowest BCUT2D eigenvalue weighted by atomic mass is 9.91. The second kappa shape index (κ2) is 5.59. The summed E-state index contributed by atoms with van der Waals surface area (Å²) in [5.74, 6) is 1.52. The van der Waals surface area contributed by atoms with Gasteiger partial charge in [0.2, 0.25) is 0 Å². The van der Waals surface area contributed by atoms with Gasteiger partial charge in [-0.2, -0.15) is 0 Å². The van der Waals surface area contributed by atoms with Crippen LogP contribution in [0.25, 0.3) is 0 Å². The zero-order valence-electron chi connectivity index (χ0n) is 9.92. The molecule has 1 aromatic rings. The summed E-state index contributed by atoms with van der Waals surface area (Å²) in [6, 6.07) is 6.36. The van der Waals surface area contributed by atoms with Gasteiger partial charge in [0, 0.05) is 0 Å². The van der Waals surface area contributed by atoms with E-state index in [0.717, 1.165) is 18.6 Å². The number of aryl methyl sites for hydroxylation is 1. The van der Waals surface area contributed by atoms with E-state index in [1.807, 2.05) is 6.08 Å². The Morgan fingerprint density at radius 2 is 2.20 bits per heavy atom. The minimum atomic E-state index is 0.525. The summed E-state index contributed by atoms with van der Waals surface area (Å²) in [7, 11) is 1.73. The third kappa shape index (κ3) is 2.85. The zero-order valence-corrected chi connectivity index (χ0v) is 9.92. The third-order valence-electron chi connectivity index (χ3n) is 2.77. The van der Waals surface area contributed by atoms with E-state index < -0.39 is 0 Å². The Balaban J connectivity index is 3.07. The maximum atomic E-state index is 5.40. The van der Waals surface area contributed by atoms with Crippen molar-refractivity contribution in [3.63, 3.8) is 0 Å². The van der Waals surface area contributed by atoms with Crippen molar-refractivity contribution >= 4 is 0 Å². The predicted octanol–water partition coefficient (Wildman–Crippen LogP) is 4.07. The van der Waals surface area contributed by atoms with E-state index >= 15 is 0 Å². The molecule has 0 fully saturated rings. The summed E-state index contributed by atoms with van der Waals surface area (Å²) < 4.78 is 5.40. The molecule has 0 radical (unpaired) electrons. The van der Waals surface area contributed by atoms with Gasteiger partial charge in [-0.3, -0.25) is 0 Å². The van der Waals surface area contributed by atoms with E-state index in [2.05, 4.69) is 38.6 Å². The number of hydrogen-bond acceptors (Lipinski definition) is 1. The van der Waals surface area contributed by atoms with E-state index in [0.29, 0.717) is 5.92 Å². The molecule has 0 heterocycles. The average molecular weight is 204 g/mol. The number of methoxy groups -OCH3 is 1. The summed E-state index contributed by atoms with van der Waals surface area (Å²) in [5, 5.41) is 0. The largest absolute Gasteiger partial charge is 0.496 e. The Morgan fingerprint density at radius 1 is 1.47 bits per heavy atom. The normalized spacial score (nSPS) is 12.2. The maximum Gasteiger partial charge on any atom is 0.122 e. The molecule has 1 atom stereocenters. The summed E-state index contributed by atoms with van der Waals surface area (Å²) >= 11 is 0. The Hall–Kier alpha value is -1.24. The Morgan fingerprint density at radius 3 is 2.73 bits per heavy atom. The molecule has 0 aliphatic heterocycles. The quantitative estimate of drug-likeness (QED) is 0.657. The molecule has 0 aliphatic carbocycles. The monoisotopic (exact) mass is 204 g/mol. The van der Waals surface area contributed by atoms with Crippen molar-refractivity contribution in [1.82, 2.24) is 0 Å². The van der Waals surface area contributed by atoms with Crippen LogP contribution < -0.4 is 4.74 Å². The number of allylic oxidation sites excluding steroid dienone is 1. The van der Waals surface area contributed by atoms with Crippen LogP contribution >= 0.6 is 0 Å². The Bertz CT molecular complexity index is 328. The van der Waals surface area contributed by atoms with Gasteiger partial charge in [0.15, 0.2) is 0 Å². The van der Waals surface area contributed by atoms with Gasteiger partial charge in [-0.25, -0.2) is 0 Å². The van der Waals surface area contributed by atoms with Crippen molar-refractivity contribution in [3.8, 4) is 5.75 Å². The highest BCUT2D eigenvalue weighted by atomic mass is 16.5. The number of benzene rings is 1. The van der Waals surface area contributed by atoms with Crippen LogP contribution in [0.5, 0.6) is 5.75 Å². The molecular weight excluding hydrogens is 184 g/mol. The molecule has 0 aliphatic rings. The lowest BCUT2D eigenvalue weighted by Gasteiger charge is -2.17. The predicted molar refractivity (Wildman–Crippen MR) is 65.6 cm³/mol. The topological polar surface area (TPSA) is 9.23 Å². The van der Waals surface area contributed by atoms with Crippen molar-refractivity contribution in [3.05, 3.63) is 42.0 Å². The first-order valence-electron chi connectivity index (χ1n) is 5.48. The molecule has 0 spiro atoms. The molecule has 1 nitrogen and oxygen atoms in total. The van der Waals surface area contributed by atoms with Crippen LogP contribution in [0.4, 0.5) is 0 Å². The molecule has 0 N–H and O–H groups in total. The van der Waals surface area contributed by atoms with Crippen molar-refractivity contribution in [1.29, 1.82) is 0 Å². The molecule has 0 bridgehead atoms. The zero-order chi connectivity index (χ0) is 11.3. The average Bonchev–Trinajstić information content (AvgIpc) is 2.26. The fraction of sp³-hybridized carbons (Fsp3) is 0.429. The van der Waals surface area contributed by atoms with Gasteiger partial charge < -0.3 is 4.74 Å². The van der Waals surface area contributed by atoms with Gasteiger partial charge in [0.1, 0.15) is 5.75 Å². The number of ether oxygens (including phenoxy) is 1. The van der Waals surface area contributed by atoms with Crippen LogP contribution in [-0.4, -0.2) is 7.11 Å². The first-order valence-corrected chi connectivity index (χ1v) is 5.48. The van der Waals surface area contributed by atoms with Crippen molar-refractivity contribution < 1.29 is 4.74 Å². The molecule has 1 unspecified atom stereocenters. The smallest absolute Gasteiger partial charge is 0.122 e. The minimum absolute atomic E-state index is 0.525. The summed E-state index contributed by atoms with van der Waals surface area (Å²) in [4.78, 5) is 0. The summed E-state index contributed by atoms with van der Waals surface area (Å²) in [5.41, 5.74) is 2.59. The van der Waals surface area contributed by atoms with Gasteiger partial charge in [-0.1, -0.05) is 30.7 Å². The first kappa shape index (κ1) is 11.8. The Labute approximate surface area is 92.8 Å². The van der Waals surface area contributed by atoms with Gasteiger partial charge in [0.25, 0.3) is 0 Å². The van der Waals surface area contributed by atoms with Crippen LogP contribution in [0.3, 0.4) is 0 Å². The molecule has 1 aromatic carbocycles. The first-order chi connectivity index (χ1) is 7.22. The molecular formula is C14H20O. The van der Waals surface area contributed by atoms with Crippen LogP contribution in [-0.2, 0) is 0 Å². The van der Waals surface area contributed by atoms with Crippen LogP contribution in [0.2, 0.25) is 0 Å². The molecule has 0 saturated heterocycles.